The van der Waals surface area contributed by atoms with Gasteiger partial charge in [-0.3, -0.25) is 0 Å². The molecule has 2 saturated heterocycles. The van der Waals surface area contributed by atoms with E-state index in [0.29, 0.717) is 23.7 Å². The molecule has 2 aliphatic rings. The number of halogens is 1. The Morgan fingerprint density at radius 2 is 2.26 bits per heavy atom. The van der Waals surface area contributed by atoms with Gasteiger partial charge in [0.15, 0.2) is 0 Å². The van der Waals surface area contributed by atoms with Crippen LogP contribution in [0.2, 0.25) is 0 Å². The predicted octanol–water partition coefficient (Wildman–Crippen LogP) is 1.41. The minimum Gasteiger partial charge on any atom is -0.311 e. The van der Waals surface area contributed by atoms with Gasteiger partial charge in [0.2, 0.25) is 0 Å². The molecule has 2 fully saturated rings. The number of rotatable bonds is 2. The summed E-state index contributed by atoms with van der Waals surface area (Å²) in [7, 11) is 0. The van der Waals surface area contributed by atoms with E-state index < -0.39 is 6.08 Å². The molecule has 0 amide bonds. The Bertz CT molecular complexity index is 611. The van der Waals surface area contributed by atoms with E-state index in [1.165, 1.54) is 24.8 Å². The van der Waals surface area contributed by atoms with Crippen LogP contribution in [0.5, 0.6) is 0 Å². The molecular formula is C13H14FN5. The summed E-state index contributed by atoms with van der Waals surface area (Å²) < 4.78 is 14.5. The normalized spacial score (nSPS) is 29.0. The highest BCUT2D eigenvalue weighted by Gasteiger charge is 2.39. The average Bonchev–Trinajstić information content (AvgIpc) is 3.14. The van der Waals surface area contributed by atoms with Gasteiger partial charge in [-0.2, -0.15) is 9.07 Å². The van der Waals surface area contributed by atoms with E-state index in [-0.39, 0.29) is 0 Å². The van der Waals surface area contributed by atoms with Gasteiger partial charge in [0.25, 0.3) is 0 Å². The number of nitrogens with one attached hydrogen (secondary N) is 1. The first-order valence-corrected chi connectivity index (χ1v) is 6.61. The molecule has 0 spiro atoms. The zero-order valence-corrected chi connectivity index (χ0v) is 10.3. The monoisotopic (exact) mass is 259 g/mol. The molecule has 3 atom stereocenters. The number of benzene rings is 1. The molecular weight excluding hydrogens is 245 g/mol. The minimum absolute atomic E-state index is 0.526. The van der Waals surface area contributed by atoms with Gasteiger partial charge in [-0.25, -0.2) is 0 Å². The summed E-state index contributed by atoms with van der Waals surface area (Å²) in [5, 5.41) is 13.9. The van der Waals surface area contributed by atoms with Crippen molar-refractivity contribution in [2.24, 2.45) is 0 Å². The van der Waals surface area contributed by atoms with Crippen LogP contribution in [-0.2, 0) is 0 Å². The maximum absolute atomic E-state index is 13.4. The van der Waals surface area contributed by atoms with Gasteiger partial charge in [-0.1, -0.05) is 17.2 Å². The highest BCUT2D eigenvalue weighted by atomic mass is 19.1. The summed E-state index contributed by atoms with van der Waals surface area (Å²) >= 11 is 0. The van der Waals surface area contributed by atoms with Gasteiger partial charge in [-0.05, 0) is 47.4 Å². The summed E-state index contributed by atoms with van der Waals surface area (Å²) in [5.74, 6) is 0.526. The molecule has 2 aromatic rings. The Morgan fingerprint density at radius 3 is 2.95 bits per heavy atom. The van der Waals surface area contributed by atoms with Gasteiger partial charge < -0.3 is 5.32 Å². The van der Waals surface area contributed by atoms with E-state index in [4.69, 9.17) is 0 Å². The van der Waals surface area contributed by atoms with E-state index >= 15 is 0 Å². The van der Waals surface area contributed by atoms with Crippen LogP contribution in [0.3, 0.4) is 0 Å². The molecule has 1 N–H and O–H groups in total. The smallest absolute Gasteiger partial charge is 0.311 e. The van der Waals surface area contributed by atoms with Crippen molar-refractivity contribution in [1.82, 2.24) is 25.5 Å². The topological polar surface area (TPSA) is 55.6 Å². The maximum atomic E-state index is 13.4. The summed E-state index contributed by atoms with van der Waals surface area (Å²) in [6.45, 7) is 0. The van der Waals surface area contributed by atoms with E-state index in [1.807, 2.05) is 18.2 Å². The van der Waals surface area contributed by atoms with Gasteiger partial charge >= 0.3 is 6.08 Å². The SMILES string of the molecule is Fc1nnnn1-c1cccc(C2CC3CCC2N3)c1. The Hall–Kier alpha value is -1.82. The zero-order valence-electron chi connectivity index (χ0n) is 10.3. The first kappa shape index (κ1) is 11.0. The van der Waals surface area contributed by atoms with E-state index in [2.05, 4.69) is 26.9 Å². The Balaban J connectivity index is 1.69. The molecule has 5 nitrogen and oxygen atoms in total. The van der Waals surface area contributed by atoms with Crippen LogP contribution in [-0.4, -0.2) is 32.3 Å². The number of nitrogens with zero attached hydrogens (tertiary/aromatic N) is 4. The second kappa shape index (κ2) is 4.09. The molecule has 1 aromatic carbocycles. The highest BCUT2D eigenvalue weighted by Crippen LogP contribution is 2.40. The second-order valence-corrected chi connectivity index (χ2v) is 5.34. The summed E-state index contributed by atoms with van der Waals surface area (Å²) in [4.78, 5) is 0. The van der Waals surface area contributed by atoms with Gasteiger partial charge in [0, 0.05) is 18.0 Å². The number of hydrogen-bond donors (Lipinski definition) is 1. The van der Waals surface area contributed by atoms with Crippen LogP contribution in [0.4, 0.5) is 4.39 Å². The van der Waals surface area contributed by atoms with Crippen LogP contribution in [0.15, 0.2) is 24.3 Å². The van der Waals surface area contributed by atoms with Gasteiger partial charge in [-0.15, -0.1) is 0 Å². The van der Waals surface area contributed by atoms with Crippen LogP contribution < -0.4 is 5.32 Å². The average molecular weight is 259 g/mol. The molecule has 3 unspecified atom stereocenters. The van der Waals surface area contributed by atoms with Crippen molar-refractivity contribution in [1.29, 1.82) is 0 Å². The molecule has 1 aromatic heterocycles. The van der Waals surface area contributed by atoms with E-state index in [9.17, 15) is 4.39 Å². The standard InChI is InChI=1S/C13H14FN5/c14-13-16-17-18-19(13)10-3-1-2-8(6-10)11-7-9-4-5-12(11)15-9/h1-3,6,9,11-12,15H,4-5,7H2. The van der Waals surface area contributed by atoms with Gasteiger partial charge in [0.05, 0.1) is 5.69 Å². The maximum Gasteiger partial charge on any atom is 0.331 e. The third-order valence-corrected chi connectivity index (χ3v) is 4.27. The van der Waals surface area contributed by atoms with Crippen molar-refractivity contribution in [2.45, 2.75) is 37.3 Å². The highest BCUT2D eigenvalue weighted by molar-refractivity contribution is 5.38. The lowest BCUT2D eigenvalue weighted by Gasteiger charge is -2.20. The van der Waals surface area contributed by atoms with Crippen molar-refractivity contribution >= 4 is 0 Å². The molecule has 4 rings (SSSR count). The summed E-state index contributed by atoms with van der Waals surface area (Å²) in [6, 6.07) is 9.09. The molecule has 98 valence electrons. The lowest BCUT2D eigenvalue weighted by atomic mass is 9.84. The number of hydrogen-bond acceptors (Lipinski definition) is 4. The zero-order chi connectivity index (χ0) is 12.8. The Labute approximate surface area is 109 Å². The van der Waals surface area contributed by atoms with Crippen LogP contribution in [0, 0.1) is 6.08 Å². The predicted molar refractivity (Wildman–Crippen MR) is 66.4 cm³/mol. The lowest BCUT2D eigenvalue weighted by molar-refractivity contribution is 0.500. The van der Waals surface area contributed by atoms with Gasteiger partial charge in [0.1, 0.15) is 0 Å². The molecule has 3 heterocycles. The van der Waals surface area contributed by atoms with Crippen molar-refractivity contribution in [3.63, 3.8) is 0 Å². The first-order chi connectivity index (χ1) is 9.31. The first-order valence-electron chi connectivity index (χ1n) is 6.61. The number of fused-ring (bicyclic) bond motifs is 2. The number of aromatic nitrogens is 4. The second-order valence-electron chi connectivity index (χ2n) is 5.34. The van der Waals surface area contributed by atoms with Crippen LogP contribution in [0.1, 0.15) is 30.7 Å². The fraction of sp³-hybridized carbons (Fsp3) is 0.462. The summed E-state index contributed by atoms with van der Waals surface area (Å²) in [5.41, 5.74) is 1.93. The minimum atomic E-state index is -0.678. The lowest BCUT2D eigenvalue weighted by Crippen LogP contribution is -2.21. The largest absolute Gasteiger partial charge is 0.331 e. The number of tetrazole rings is 1. The van der Waals surface area contributed by atoms with Crippen molar-refractivity contribution in [2.75, 3.05) is 0 Å². The molecule has 19 heavy (non-hydrogen) atoms. The molecule has 0 aliphatic carbocycles. The Morgan fingerprint density at radius 1 is 1.32 bits per heavy atom. The molecule has 0 radical (unpaired) electrons. The van der Waals surface area contributed by atoms with Crippen LogP contribution in [0.25, 0.3) is 5.69 Å². The van der Waals surface area contributed by atoms with Crippen molar-refractivity contribution in [3.8, 4) is 5.69 Å². The van der Waals surface area contributed by atoms with E-state index in [0.717, 1.165) is 4.68 Å². The van der Waals surface area contributed by atoms with Crippen LogP contribution >= 0.6 is 0 Å². The Kier molecular flexibility index (Phi) is 2.38. The third kappa shape index (κ3) is 1.74. The summed E-state index contributed by atoms with van der Waals surface area (Å²) in [6.07, 6.45) is 3.01. The third-order valence-electron chi connectivity index (χ3n) is 4.27. The molecule has 2 aliphatic heterocycles. The molecule has 0 saturated carbocycles. The fourth-order valence-electron chi connectivity index (χ4n) is 3.41. The van der Waals surface area contributed by atoms with E-state index in [1.54, 1.807) is 0 Å². The molecule has 2 bridgehead atoms. The van der Waals surface area contributed by atoms with Crippen molar-refractivity contribution < 1.29 is 4.39 Å². The quantitative estimate of drug-likeness (QED) is 0.886. The molecule has 6 heteroatoms. The van der Waals surface area contributed by atoms with Crippen molar-refractivity contribution in [3.05, 3.63) is 35.9 Å². The fourth-order valence-corrected chi connectivity index (χ4v) is 3.41.